The van der Waals surface area contributed by atoms with E-state index in [-0.39, 0.29) is 25.3 Å². The van der Waals surface area contributed by atoms with Gasteiger partial charge in [-0.15, -0.1) is 0 Å². The lowest BCUT2D eigenvalue weighted by Crippen LogP contribution is -2.59. The van der Waals surface area contributed by atoms with Gasteiger partial charge in [0, 0.05) is 12.3 Å². The fourth-order valence-corrected chi connectivity index (χ4v) is 5.31. The predicted molar refractivity (Wildman–Crippen MR) is 190 cm³/mol. The standard InChI is InChI=1S/C30H52N10O13S/c1-15(43)24(30(52)53)39-28(50)18(13-42)37-27(49)16(5-2-3-7-31)35-21(44)10-34-26(48)19(14-54)36-22(45)11-33-25(47)17(12-41)38-29(51)20-6-4-8-40(20)23(46)9-32/h15-20,24,41-43,54H,2-14,31-32H2,1H3,(H,33,47)(H,34,48)(H,35,44)(H,36,45)(H,37,49)(H,38,51)(H,39,50)(H,52,53)/t15-,16+,17+,18+,19+,20+,24+/m1/s1. The Labute approximate surface area is 315 Å². The molecule has 1 heterocycles. The quantitative estimate of drug-likeness (QED) is 0.0319. The zero-order chi connectivity index (χ0) is 41.0. The zero-order valence-corrected chi connectivity index (χ0v) is 30.6. The van der Waals surface area contributed by atoms with Crippen LogP contribution in [0.2, 0.25) is 0 Å². The fraction of sp³-hybridized carbons (Fsp3) is 0.700. The summed E-state index contributed by atoms with van der Waals surface area (Å²) in [5.74, 6) is -8.56. The van der Waals surface area contributed by atoms with Crippen molar-refractivity contribution in [3.8, 4) is 0 Å². The van der Waals surface area contributed by atoms with Gasteiger partial charge in [-0.1, -0.05) is 0 Å². The number of hydrogen-bond acceptors (Lipinski definition) is 15. The Hall–Kier alpha value is -4.62. The summed E-state index contributed by atoms with van der Waals surface area (Å²) in [6.45, 7) is -1.80. The number of amides is 8. The van der Waals surface area contributed by atoms with Crippen LogP contribution in [0.1, 0.15) is 39.0 Å². The first-order valence-electron chi connectivity index (χ1n) is 17.0. The first-order chi connectivity index (χ1) is 25.5. The van der Waals surface area contributed by atoms with Crippen molar-refractivity contribution in [2.24, 2.45) is 11.5 Å². The molecule has 0 saturated carbocycles. The molecule has 54 heavy (non-hydrogen) atoms. The molecule has 0 aromatic carbocycles. The topological polar surface area (TPSA) is 374 Å². The van der Waals surface area contributed by atoms with Crippen LogP contribution in [0.25, 0.3) is 0 Å². The van der Waals surface area contributed by atoms with Crippen molar-refractivity contribution in [3.05, 3.63) is 0 Å². The summed E-state index contributed by atoms with van der Waals surface area (Å²) in [6.07, 6.45) is 0.163. The normalized spacial score (nSPS) is 17.0. The molecule has 24 heteroatoms. The molecule has 306 valence electrons. The molecule has 1 saturated heterocycles. The smallest absolute Gasteiger partial charge is 0.328 e. The first kappa shape index (κ1) is 47.4. The number of carbonyl (C=O) groups excluding carboxylic acids is 8. The number of thiol groups is 1. The zero-order valence-electron chi connectivity index (χ0n) is 29.7. The Morgan fingerprint density at radius 1 is 0.759 bits per heavy atom. The van der Waals surface area contributed by atoms with Crippen LogP contribution < -0.4 is 48.7 Å². The molecule has 1 rings (SSSR count). The highest BCUT2D eigenvalue weighted by Gasteiger charge is 2.36. The summed E-state index contributed by atoms with van der Waals surface area (Å²) in [4.78, 5) is 113. The Bertz CT molecular complexity index is 1340. The highest BCUT2D eigenvalue weighted by atomic mass is 32.1. The minimum absolute atomic E-state index is 0.0166. The van der Waals surface area contributed by atoms with Gasteiger partial charge in [0.15, 0.2) is 6.04 Å². The maximum Gasteiger partial charge on any atom is 0.328 e. The Morgan fingerprint density at radius 3 is 1.80 bits per heavy atom. The number of aliphatic carboxylic acids is 1. The van der Waals surface area contributed by atoms with E-state index in [0.29, 0.717) is 32.2 Å². The highest BCUT2D eigenvalue weighted by Crippen LogP contribution is 2.17. The minimum Gasteiger partial charge on any atom is -0.480 e. The van der Waals surface area contributed by atoms with E-state index in [1.165, 1.54) is 4.90 Å². The average Bonchev–Trinajstić information content (AvgIpc) is 3.64. The van der Waals surface area contributed by atoms with Gasteiger partial charge in [0.25, 0.3) is 0 Å². The summed E-state index contributed by atoms with van der Waals surface area (Å²) in [6, 6.07) is -8.33. The molecule has 8 amide bonds. The number of unbranched alkanes of at least 4 members (excludes halogenated alkanes) is 1. The summed E-state index contributed by atoms with van der Waals surface area (Å²) < 4.78 is 0. The first-order valence-corrected chi connectivity index (χ1v) is 17.7. The molecule has 1 fully saturated rings. The number of nitrogens with two attached hydrogens (primary N) is 2. The van der Waals surface area contributed by atoms with E-state index in [9.17, 15) is 63.6 Å². The Balaban J connectivity index is 2.73. The Morgan fingerprint density at radius 2 is 1.30 bits per heavy atom. The highest BCUT2D eigenvalue weighted by molar-refractivity contribution is 7.80. The number of likely N-dealkylation sites (tertiary alicyclic amines) is 1. The van der Waals surface area contributed by atoms with Crippen molar-refractivity contribution in [2.45, 2.75) is 81.4 Å². The maximum absolute atomic E-state index is 13.0. The van der Waals surface area contributed by atoms with Gasteiger partial charge in [-0.25, -0.2) is 4.79 Å². The lowest BCUT2D eigenvalue weighted by molar-refractivity contribution is -0.145. The average molecular weight is 793 g/mol. The van der Waals surface area contributed by atoms with Crippen LogP contribution in [0, 0.1) is 0 Å². The van der Waals surface area contributed by atoms with Crippen molar-refractivity contribution >= 4 is 65.9 Å². The van der Waals surface area contributed by atoms with Crippen LogP contribution in [0.15, 0.2) is 0 Å². The third-order valence-corrected chi connectivity index (χ3v) is 8.37. The van der Waals surface area contributed by atoms with E-state index >= 15 is 0 Å². The number of carbonyl (C=O) groups is 9. The number of carboxylic acids is 1. The maximum atomic E-state index is 13.0. The molecule has 0 aromatic rings. The van der Waals surface area contributed by atoms with Gasteiger partial charge in [-0.3, -0.25) is 38.4 Å². The van der Waals surface area contributed by atoms with Gasteiger partial charge in [0.2, 0.25) is 47.3 Å². The molecule has 0 spiro atoms. The van der Waals surface area contributed by atoms with Gasteiger partial charge in [0.05, 0.1) is 39.0 Å². The monoisotopic (exact) mass is 792 g/mol. The predicted octanol–water partition coefficient (Wildman–Crippen LogP) is -7.90. The van der Waals surface area contributed by atoms with E-state index in [0.717, 1.165) is 6.92 Å². The molecule has 15 N–H and O–H groups in total. The van der Waals surface area contributed by atoms with Crippen LogP contribution >= 0.6 is 12.6 Å². The number of nitrogens with zero attached hydrogens (tertiary/aromatic N) is 1. The molecule has 0 aliphatic carbocycles. The van der Waals surface area contributed by atoms with Gasteiger partial charge in [0.1, 0.15) is 30.2 Å². The molecular weight excluding hydrogens is 740 g/mol. The van der Waals surface area contributed by atoms with Crippen molar-refractivity contribution in [2.75, 3.05) is 51.7 Å². The molecule has 23 nitrogen and oxygen atoms in total. The lowest BCUT2D eigenvalue weighted by atomic mass is 10.1. The van der Waals surface area contributed by atoms with Crippen LogP contribution in [0.5, 0.6) is 0 Å². The van der Waals surface area contributed by atoms with E-state index in [1.54, 1.807) is 0 Å². The van der Waals surface area contributed by atoms with Gasteiger partial charge in [-0.05, 0) is 45.6 Å². The molecule has 0 bridgehead atoms. The molecule has 0 aromatic heterocycles. The molecule has 0 unspecified atom stereocenters. The van der Waals surface area contributed by atoms with Crippen molar-refractivity contribution in [1.82, 2.24) is 42.1 Å². The van der Waals surface area contributed by atoms with E-state index < -0.39 is 122 Å². The van der Waals surface area contributed by atoms with E-state index in [1.807, 2.05) is 5.32 Å². The number of rotatable bonds is 24. The number of carboxylic acid groups (broad SMARTS) is 1. The third kappa shape index (κ3) is 15.8. The summed E-state index contributed by atoms with van der Waals surface area (Å²) in [7, 11) is 0. The SMILES string of the molecule is C[C@@H](O)[C@H](NC(=O)[C@H](CO)NC(=O)[C@H](CCCCN)NC(=O)CNC(=O)[C@H](CS)NC(=O)CNC(=O)[C@H](CO)NC(=O)[C@@H]1CCCN1C(=O)CN)C(=O)O. The second-order valence-corrected chi connectivity index (χ2v) is 12.5. The number of aliphatic hydroxyl groups is 3. The van der Waals surface area contributed by atoms with Crippen LogP contribution in [-0.2, 0) is 43.2 Å². The van der Waals surface area contributed by atoms with E-state index in [4.69, 9.17) is 11.5 Å². The summed E-state index contributed by atoms with van der Waals surface area (Å²) in [5.41, 5.74) is 10.9. The molecule has 1 aliphatic rings. The van der Waals surface area contributed by atoms with Crippen molar-refractivity contribution in [3.63, 3.8) is 0 Å². The number of nitrogens with one attached hydrogen (secondary N) is 7. The minimum atomic E-state index is -1.74. The fourth-order valence-electron chi connectivity index (χ4n) is 5.05. The van der Waals surface area contributed by atoms with Crippen molar-refractivity contribution < 1.29 is 63.6 Å². The summed E-state index contributed by atoms with van der Waals surface area (Å²) in [5, 5.41) is 53.8. The molecular formula is C30H52N10O13S. The second-order valence-electron chi connectivity index (χ2n) is 12.1. The number of aliphatic hydroxyl groups excluding tert-OH is 3. The van der Waals surface area contributed by atoms with Gasteiger partial charge < -0.3 is 74.0 Å². The second kappa shape index (κ2) is 24.6. The largest absolute Gasteiger partial charge is 0.480 e. The molecule has 1 aliphatic heterocycles. The van der Waals surface area contributed by atoms with Crippen molar-refractivity contribution in [1.29, 1.82) is 0 Å². The van der Waals surface area contributed by atoms with Crippen LogP contribution in [0.4, 0.5) is 0 Å². The van der Waals surface area contributed by atoms with E-state index in [2.05, 4.69) is 44.5 Å². The third-order valence-electron chi connectivity index (χ3n) is 8.01. The lowest BCUT2D eigenvalue weighted by Gasteiger charge is -2.25. The van der Waals surface area contributed by atoms with Gasteiger partial charge in [-0.2, -0.15) is 12.6 Å². The van der Waals surface area contributed by atoms with Crippen LogP contribution in [-0.4, -0.2) is 173 Å². The van der Waals surface area contributed by atoms with Crippen LogP contribution in [0.3, 0.4) is 0 Å². The summed E-state index contributed by atoms with van der Waals surface area (Å²) >= 11 is 4.03. The Kier molecular flexibility index (Phi) is 21.6. The number of hydrogen-bond donors (Lipinski definition) is 14. The molecule has 7 atom stereocenters. The van der Waals surface area contributed by atoms with Gasteiger partial charge >= 0.3 is 5.97 Å². The molecule has 0 radical (unpaired) electrons.